The van der Waals surface area contributed by atoms with E-state index >= 15 is 0 Å². The van der Waals surface area contributed by atoms with Crippen LogP contribution in [0, 0.1) is 21.4 Å². The summed E-state index contributed by atoms with van der Waals surface area (Å²) in [4.78, 5) is 16.7. The predicted molar refractivity (Wildman–Crippen MR) is 94.1 cm³/mol. The minimum Gasteiger partial charge on any atom is -0.366 e. The molecule has 7 heteroatoms. The molecule has 2 atom stereocenters. The highest BCUT2D eigenvalue weighted by Gasteiger charge is 2.27. The predicted octanol–water partition coefficient (Wildman–Crippen LogP) is 3.11. The first-order chi connectivity index (χ1) is 12.1. The Labute approximate surface area is 146 Å². The molecule has 0 bridgehead atoms. The molecule has 0 saturated carbocycles. The molecule has 128 valence electrons. The Morgan fingerprint density at radius 1 is 1.44 bits per heavy atom. The van der Waals surface area contributed by atoms with Crippen LogP contribution in [0.5, 0.6) is 0 Å². The van der Waals surface area contributed by atoms with Gasteiger partial charge >= 0.3 is 0 Å². The number of nitrogens with one attached hydrogen (secondary N) is 1. The topological polar surface area (TPSA) is 95.1 Å². The maximum atomic E-state index is 10.7. The van der Waals surface area contributed by atoms with Crippen molar-refractivity contribution in [2.45, 2.75) is 25.4 Å². The van der Waals surface area contributed by atoms with E-state index in [-0.39, 0.29) is 17.8 Å². The number of hydrogen-bond donors (Lipinski definition) is 1. The van der Waals surface area contributed by atoms with Crippen molar-refractivity contribution in [2.75, 3.05) is 18.4 Å². The number of hydrogen-bond acceptors (Lipinski definition) is 6. The molecule has 2 aromatic rings. The first-order valence-corrected chi connectivity index (χ1v) is 8.18. The van der Waals surface area contributed by atoms with E-state index in [1.165, 1.54) is 12.3 Å². The molecule has 0 spiro atoms. The van der Waals surface area contributed by atoms with Crippen LogP contribution in [0.15, 0.2) is 42.6 Å². The van der Waals surface area contributed by atoms with Gasteiger partial charge in [0.05, 0.1) is 16.6 Å². The summed E-state index contributed by atoms with van der Waals surface area (Å²) < 4.78 is 0. The van der Waals surface area contributed by atoms with Gasteiger partial charge in [0.1, 0.15) is 12.0 Å². The minimum atomic E-state index is -0.453. The summed E-state index contributed by atoms with van der Waals surface area (Å²) in [6.45, 7) is 3.95. The third kappa shape index (κ3) is 3.92. The van der Waals surface area contributed by atoms with Gasteiger partial charge in [0, 0.05) is 31.2 Å². The first kappa shape index (κ1) is 16.9. The van der Waals surface area contributed by atoms with Gasteiger partial charge in [0.15, 0.2) is 0 Å². The molecule has 1 aliphatic rings. The summed E-state index contributed by atoms with van der Waals surface area (Å²) in [7, 11) is 0. The summed E-state index contributed by atoms with van der Waals surface area (Å²) in [5, 5.41) is 23.1. The van der Waals surface area contributed by atoms with Crippen molar-refractivity contribution in [1.29, 1.82) is 5.26 Å². The lowest BCUT2D eigenvalue weighted by molar-refractivity contribution is -0.385. The number of benzene rings is 1. The van der Waals surface area contributed by atoms with Crippen molar-refractivity contribution in [3.8, 4) is 6.07 Å². The zero-order valence-corrected chi connectivity index (χ0v) is 13.9. The van der Waals surface area contributed by atoms with Crippen LogP contribution in [0.1, 0.15) is 30.5 Å². The third-order valence-corrected chi connectivity index (χ3v) is 4.58. The largest absolute Gasteiger partial charge is 0.366 e. The molecular weight excluding hydrogens is 318 g/mol. The van der Waals surface area contributed by atoms with E-state index in [4.69, 9.17) is 5.26 Å². The Bertz CT molecular complexity index is 800. The molecule has 0 aliphatic carbocycles. The highest BCUT2D eigenvalue weighted by molar-refractivity contribution is 5.41. The van der Waals surface area contributed by atoms with Gasteiger partial charge in [-0.2, -0.15) is 5.26 Å². The second kappa shape index (κ2) is 7.28. The van der Waals surface area contributed by atoms with E-state index in [0.717, 1.165) is 25.1 Å². The summed E-state index contributed by atoms with van der Waals surface area (Å²) in [6.07, 6.45) is 2.24. The Kier molecular flexibility index (Phi) is 4.91. The van der Waals surface area contributed by atoms with Crippen molar-refractivity contribution in [2.24, 2.45) is 0 Å². The van der Waals surface area contributed by atoms with Gasteiger partial charge in [0.25, 0.3) is 5.69 Å². The zero-order chi connectivity index (χ0) is 17.8. The average molecular weight is 337 g/mol. The number of anilines is 1. The van der Waals surface area contributed by atoms with Crippen molar-refractivity contribution in [1.82, 2.24) is 9.88 Å². The van der Waals surface area contributed by atoms with Crippen LogP contribution in [-0.4, -0.2) is 33.9 Å². The SMILES string of the molecule is C[C@H](c1cccc(C#N)c1)N1CC[C@H](Nc2ccc([N+](=O)[O-])cn2)C1. The molecular formula is C18H19N5O2. The van der Waals surface area contributed by atoms with Gasteiger partial charge in [-0.3, -0.25) is 15.0 Å². The Hall–Kier alpha value is -2.98. The van der Waals surface area contributed by atoms with Crippen molar-refractivity contribution in [3.05, 3.63) is 63.8 Å². The lowest BCUT2D eigenvalue weighted by Gasteiger charge is -2.25. The number of likely N-dealkylation sites (tertiary alicyclic amines) is 1. The summed E-state index contributed by atoms with van der Waals surface area (Å²) in [5.74, 6) is 0.650. The molecule has 0 unspecified atom stereocenters. The molecule has 2 heterocycles. The monoisotopic (exact) mass is 337 g/mol. The molecule has 25 heavy (non-hydrogen) atoms. The lowest BCUT2D eigenvalue weighted by Crippen LogP contribution is -2.28. The van der Waals surface area contributed by atoms with Gasteiger partial charge in [-0.1, -0.05) is 12.1 Å². The van der Waals surface area contributed by atoms with Gasteiger partial charge in [-0.15, -0.1) is 0 Å². The maximum absolute atomic E-state index is 10.7. The van der Waals surface area contributed by atoms with Crippen molar-refractivity contribution >= 4 is 11.5 Å². The molecule has 7 nitrogen and oxygen atoms in total. The van der Waals surface area contributed by atoms with Crippen LogP contribution in [0.2, 0.25) is 0 Å². The number of rotatable bonds is 5. The molecule has 1 aliphatic heterocycles. The smallest absolute Gasteiger partial charge is 0.287 e. The van der Waals surface area contributed by atoms with Crippen LogP contribution in [-0.2, 0) is 0 Å². The van der Waals surface area contributed by atoms with Crippen LogP contribution in [0.4, 0.5) is 11.5 Å². The van der Waals surface area contributed by atoms with E-state index in [1.54, 1.807) is 6.07 Å². The summed E-state index contributed by atoms with van der Waals surface area (Å²) in [5.41, 5.74) is 1.80. The van der Waals surface area contributed by atoms with Gasteiger partial charge in [0.2, 0.25) is 0 Å². The zero-order valence-electron chi connectivity index (χ0n) is 13.9. The van der Waals surface area contributed by atoms with Gasteiger partial charge in [-0.25, -0.2) is 4.98 Å². The van der Waals surface area contributed by atoms with E-state index in [2.05, 4.69) is 28.2 Å². The highest BCUT2D eigenvalue weighted by atomic mass is 16.6. The summed E-state index contributed by atoms with van der Waals surface area (Å²) >= 11 is 0. The van der Waals surface area contributed by atoms with E-state index < -0.39 is 4.92 Å². The Morgan fingerprint density at radius 2 is 2.28 bits per heavy atom. The molecule has 0 amide bonds. The van der Waals surface area contributed by atoms with Gasteiger partial charge < -0.3 is 5.32 Å². The fraction of sp³-hybridized carbons (Fsp3) is 0.333. The minimum absolute atomic E-state index is 0.00963. The van der Waals surface area contributed by atoms with E-state index in [9.17, 15) is 10.1 Å². The lowest BCUT2D eigenvalue weighted by atomic mass is 10.0. The molecule has 1 aromatic heterocycles. The normalized spacial score (nSPS) is 18.5. The van der Waals surface area contributed by atoms with Crippen LogP contribution < -0.4 is 5.32 Å². The summed E-state index contributed by atoms with van der Waals surface area (Å²) in [6, 6.07) is 13.5. The maximum Gasteiger partial charge on any atom is 0.287 e. The van der Waals surface area contributed by atoms with Crippen LogP contribution in [0.3, 0.4) is 0 Å². The molecule has 1 saturated heterocycles. The quantitative estimate of drug-likeness (QED) is 0.665. The third-order valence-electron chi connectivity index (χ3n) is 4.58. The Morgan fingerprint density at radius 3 is 2.96 bits per heavy atom. The molecule has 1 N–H and O–H groups in total. The standard InChI is InChI=1S/C18H19N5O2/c1-13(15-4-2-3-14(9-15)10-19)22-8-7-16(12-22)21-18-6-5-17(11-20-18)23(24)25/h2-6,9,11,13,16H,7-8,12H2,1H3,(H,20,21)/t13-,16+/m1/s1. The first-order valence-electron chi connectivity index (χ1n) is 8.18. The molecule has 1 fully saturated rings. The second-order valence-corrected chi connectivity index (χ2v) is 6.20. The number of nitriles is 1. The molecule has 1 aromatic carbocycles. The van der Waals surface area contributed by atoms with Crippen LogP contribution in [0.25, 0.3) is 0 Å². The van der Waals surface area contributed by atoms with E-state index in [1.807, 2.05) is 24.3 Å². The second-order valence-electron chi connectivity index (χ2n) is 6.20. The fourth-order valence-electron chi connectivity index (χ4n) is 3.12. The fourth-order valence-corrected chi connectivity index (χ4v) is 3.12. The number of nitro groups is 1. The molecule has 0 radical (unpaired) electrons. The number of aromatic nitrogens is 1. The van der Waals surface area contributed by atoms with E-state index in [0.29, 0.717) is 11.4 Å². The number of pyridine rings is 1. The Balaban J connectivity index is 1.61. The highest BCUT2D eigenvalue weighted by Crippen LogP contribution is 2.26. The molecule has 3 rings (SSSR count). The number of nitrogens with zero attached hydrogens (tertiary/aromatic N) is 4. The van der Waals surface area contributed by atoms with Crippen molar-refractivity contribution in [3.63, 3.8) is 0 Å². The average Bonchev–Trinajstić information content (AvgIpc) is 3.10. The van der Waals surface area contributed by atoms with Gasteiger partial charge in [-0.05, 0) is 37.1 Å². The van der Waals surface area contributed by atoms with Crippen LogP contribution >= 0.6 is 0 Å². The van der Waals surface area contributed by atoms with Crippen molar-refractivity contribution < 1.29 is 4.92 Å².